The van der Waals surface area contributed by atoms with Gasteiger partial charge in [0.2, 0.25) is 0 Å². The predicted molar refractivity (Wildman–Crippen MR) is 143 cm³/mol. The molecule has 1 heterocycles. The van der Waals surface area contributed by atoms with E-state index in [1.165, 1.54) is 12.1 Å². The van der Waals surface area contributed by atoms with Crippen LogP contribution in [0.25, 0.3) is 0 Å². The zero-order valence-electron chi connectivity index (χ0n) is 20.1. The van der Waals surface area contributed by atoms with Gasteiger partial charge in [0.25, 0.3) is 0 Å². The molecule has 4 nitrogen and oxygen atoms in total. The van der Waals surface area contributed by atoms with E-state index >= 15 is 0 Å². The lowest BCUT2D eigenvalue weighted by molar-refractivity contribution is -0.116. The van der Waals surface area contributed by atoms with Gasteiger partial charge in [0.15, 0.2) is 11.6 Å². The molecular weight excluding hydrogens is 463 g/mol. The molecule has 0 aromatic heterocycles. The van der Waals surface area contributed by atoms with Crippen LogP contribution in [0.4, 0.5) is 15.8 Å². The Kier molecular flexibility index (Phi) is 5.89. The fraction of sp³-hybridized carbons (Fsp3) is 0.125. The van der Waals surface area contributed by atoms with E-state index in [0.717, 1.165) is 28.2 Å². The summed E-state index contributed by atoms with van der Waals surface area (Å²) in [6.45, 7) is 0. The highest BCUT2D eigenvalue weighted by Gasteiger charge is 2.36. The van der Waals surface area contributed by atoms with Crippen molar-refractivity contribution in [1.29, 1.82) is 0 Å². The number of carbonyl (C=O) groups is 2. The molecule has 4 aromatic rings. The van der Waals surface area contributed by atoms with Gasteiger partial charge in [-0.3, -0.25) is 9.59 Å². The molecule has 0 saturated heterocycles. The molecular formula is C32H25FN2O2. The molecule has 1 aliphatic carbocycles. The highest BCUT2D eigenvalue weighted by Crippen LogP contribution is 2.44. The van der Waals surface area contributed by atoms with E-state index < -0.39 is 6.04 Å². The molecule has 2 atom stereocenters. The van der Waals surface area contributed by atoms with E-state index in [0.29, 0.717) is 29.5 Å². The van der Waals surface area contributed by atoms with Crippen molar-refractivity contribution in [3.05, 3.63) is 142 Å². The minimum atomic E-state index is -0.441. The number of ketones is 2. The first-order valence-corrected chi connectivity index (χ1v) is 12.4. The van der Waals surface area contributed by atoms with Crippen molar-refractivity contribution in [3.8, 4) is 0 Å². The zero-order chi connectivity index (χ0) is 25.4. The van der Waals surface area contributed by atoms with Crippen molar-refractivity contribution in [1.82, 2.24) is 0 Å². The quantitative estimate of drug-likeness (QED) is 0.303. The third-order valence-electron chi connectivity index (χ3n) is 7.17. The maximum Gasteiger partial charge on any atom is 0.193 e. The Labute approximate surface area is 214 Å². The Morgan fingerprint density at radius 2 is 1.43 bits per heavy atom. The minimum Gasteiger partial charge on any atom is -0.372 e. The Bertz CT molecular complexity index is 1510. The van der Waals surface area contributed by atoms with Crippen LogP contribution >= 0.6 is 0 Å². The smallest absolute Gasteiger partial charge is 0.193 e. The monoisotopic (exact) mass is 488 g/mol. The molecule has 6 rings (SSSR count). The largest absolute Gasteiger partial charge is 0.372 e. The highest BCUT2D eigenvalue weighted by molar-refractivity contribution is 6.10. The maximum atomic E-state index is 13.7. The first kappa shape index (κ1) is 22.9. The van der Waals surface area contributed by atoms with E-state index in [4.69, 9.17) is 0 Å². The molecule has 5 heteroatoms. The third-order valence-corrected chi connectivity index (χ3v) is 7.17. The number of allylic oxidation sites excluding steroid dienone is 1. The second kappa shape index (κ2) is 9.51. The molecule has 0 spiro atoms. The lowest BCUT2D eigenvalue weighted by Crippen LogP contribution is -2.26. The standard InChI is InChI=1S/C32H25FN2O2/c33-25-14-11-21(12-15-25)31-30-28(18-24(19-29(30)36)20-7-3-1-4-8-20)34-27-17-23(13-16-26(27)35-31)32(37)22-9-5-2-6-10-22/h1-17,24,31,34-35H,18-19H2/t24-,31+/m0/s1. The van der Waals surface area contributed by atoms with Crippen molar-refractivity contribution >= 4 is 22.9 Å². The van der Waals surface area contributed by atoms with Crippen molar-refractivity contribution in [2.75, 3.05) is 10.6 Å². The van der Waals surface area contributed by atoms with Crippen LogP contribution in [0, 0.1) is 5.82 Å². The molecule has 0 radical (unpaired) electrons. The number of benzene rings is 4. The second-order valence-corrected chi connectivity index (χ2v) is 9.54. The number of carbonyl (C=O) groups excluding carboxylic acids is 2. The van der Waals surface area contributed by atoms with Crippen LogP contribution in [0.3, 0.4) is 0 Å². The predicted octanol–water partition coefficient (Wildman–Crippen LogP) is 7.04. The van der Waals surface area contributed by atoms with Crippen molar-refractivity contribution in [2.24, 2.45) is 0 Å². The Balaban J connectivity index is 1.44. The first-order chi connectivity index (χ1) is 18.1. The molecule has 182 valence electrons. The molecule has 0 saturated carbocycles. The van der Waals surface area contributed by atoms with E-state index in [1.807, 2.05) is 48.5 Å². The third kappa shape index (κ3) is 4.45. The zero-order valence-corrected chi connectivity index (χ0v) is 20.1. The summed E-state index contributed by atoms with van der Waals surface area (Å²) >= 11 is 0. The van der Waals surface area contributed by atoms with Gasteiger partial charge in [-0.1, -0.05) is 72.8 Å². The summed E-state index contributed by atoms with van der Waals surface area (Å²) in [5, 5.41) is 7.03. The molecule has 1 aliphatic heterocycles. The number of nitrogens with one attached hydrogen (secondary N) is 2. The van der Waals surface area contributed by atoms with Crippen molar-refractivity contribution < 1.29 is 14.0 Å². The average Bonchev–Trinajstić information content (AvgIpc) is 3.10. The van der Waals surface area contributed by atoms with E-state index in [-0.39, 0.29) is 23.3 Å². The number of hydrogen-bond acceptors (Lipinski definition) is 4. The number of rotatable bonds is 4. The van der Waals surface area contributed by atoms with Crippen LogP contribution in [-0.4, -0.2) is 11.6 Å². The lowest BCUT2D eigenvalue weighted by Gasteiger charge is -2.30. The molecule has 0 amide bonds. The van der Waals surface area contributed by atoms with Gasteiger partial charge in [0.1, 0.15) is 5.82 Å². The summed E-state index contributed by atoms with van der Waals surface area (Å²) in [6, 6.07) is 30.6. The topological polar surface area (TPSA) is 58.2 Å². The van der Waals surface area contributed by atoms with Gasteiger partial charge in [0.05, 0.1) is 17.4 Å². The summed E-state index contributed by atoms with van der Waals surface area (Å²) in [7, 11) is 0. The van der Waals surface area contributed by atoms with Gasteiger partial charge in [0, 0.05) is 28.8 Å². The van der Waals surface area contributed by atoms with E-state index in [2.05, 4.69) is 22.8 Å². The van der Waals surface area contributed by atoms with Crippen LogP contribution < -0.4 is 10.6 Å². The number of hydrogen-bond donors (Lipinski definition) is 2. The van der Waals surface area contributed by atoms with Crippen LogP contribution in [0.1, 0.15) is 51.8 Å². The van der Waals surface area contributed by atoms with Crippen LogP contribution in [-0.2, 0) is 4.79 Å². The van der Waals surface area contributed by atoms with Gasteiger partial charge in [-0.05, 0) is 53.8 Å². The molecule has 37 heavy (non-hydrogen) atoms. The summed E-state index contributed by atoms with van der Waals surface area (Å²) < 4.78 is 13.7. The van der Waals surface area contributed by atoms with Crippen molar-refractivity contribution in [3.63, 3.8) is 0 Å². The van der Waals surface area contributed by atoms with Gasteiger partial charge < -0.3 is 10.6 Å². The van der Waals surface area contributed by atoms with E-state index in [9.17, 15) is 14.0 Å². The molecule has 0 bridgehead atoms. The molecule has 4 aromatic carbocycles. The Morgan fingerprint density at radius 3 is 2.16 bits per heavy atom. The van der Waals surface area contributed by atoms with Crippen LogP contribution in [0.5, 0.6) is 0 Å². The van der Waals surface area contributed by atoms with E-state index in [1.54, 1.807) is 30.3 Å². The number of anilines is 2. The number of Topliss-reactive ketones (excluding diaryl/α,β-unsaturated/α-hetero) is 1. The summed E-state index contributed by atoms with van der Waals surface area (Å²) in [4.78, 5) is 26.8. The van der Waals surface area contributed by atoms with Crippen LogP contribution in [0.15, 0.2) is 114 Å². The van der Waals surface area contributed by atoms with Gasteiger partial charge >= 0.3 is 0 Å². The summed E-state index contributed by atoms with van der Waals surface area (Å²) in [5.41, 5.74) is 6.10. The normalized spacial score (nSPS) is 18.7. The molecule has 0 fully saturated rings. The Hall–Kier alpha value is -4.51. The fourth-order valence-electron chi connectivity index (χ4n) is 5.31. The number of halogens is 1. The fourth-order valence-corrected chi connectivity index (χ4v) is 5.31. The van der Waals surface area contributed by atoms with Gasteiger partial charge in [-0.15, -0.1) is 0 Å². The highest BCUT2D eigenvalue weighted by atomic mass is 19.1. The maximum absolute atomic E-state index is 13.7. The van der Waals surface area contributed by atoms with Gasteiger partial charge in [-0.2, -0.15) is 0 Å². The molecule has 0 unspecified atom stereocenters. The molecule has 2 N–H and O–H groups in total. The van der Waals surface area contributed by atoms with Crippen LogP contribution in [0.2, 0.25) is 0 Å². The summed E-state index contributed by atoms with van der Waals surface area (Å²) in [6.07, 6.45) is 1.05. The summed E-state index contributed by atoms with van der Waals surface area (Å²) in [5.74, 6) is -0.295. The SMILES string of the molecule is O=C1C[C@@H](c2ccccc2)CC2=C1[C@@H](c1ccc(F)cc1)Nc1ccc(C(=O)c3ccccc3)cc1N2. The minimum absolute atomic E-state index is 0.0458. The van der Waals surface area contributed by atoms with Gasteiger partial charge in [-0.25, -0.2) is 4.39 Å². The number of fused-ring (bicyclic) bond motifs is 1. The first-order valence-electron chi connectivity index (χ1n) is 12.4. The molecule has 2 aliphatic rings. The Morgan fingerprint density at radius 1 is 0.730 bits per heavy atom. The van der Waals surface area contributed by atoms with Crippen molar-refractivity contribution in [2.45, 2.75) is 24.8 Å². The lowest BCUT2D eigenvalue weighted by atomic mass is 9.78. The second-order valence-electron chi connectivity index (χ2n) is 9.54. The average molecular weight is 489 g/mol.